The first-order chi connectivity index (χ1) is 9.19. The molecule has 102 valence electrons. The minimum Gasteiger partial charge on any atom is -0.367 e. The van der Waals surface area contributed by atoms with E-state index in [0.717, 1.165) is 38.2 Å². The first-order valence-corrected chi connectivity index (χ1v) is 7.16. The summed E-state index contributed by atoms with van der Waals surface area (Å²) in [6, 6.07) is 10.7. The van der Waals surface area contributed by atoms with Crippen LogP contribution in [0.5, 0.6) is 0 Å². The van der Waals surface area contributed by atoms with Crippen molar-refractivity contribution < 1.29 is 0 Å². The number of aryl methyl sites for hydroxylation is 1. The first-order valence-electron chi connectivity index (χ1n) is 7.16. The highest BCUT2D eigenvalue weighted by Crippen LogP contribution is 2.28. The molecule has 1 fully saturated rings. The highest BCUT2D eigenvalue weighted by molar-refractivity contribution is 5.53. The Morgan fingerprint density at radius 1 is 1.32 bits per heavy atom. The van der Waals surface area contributed by atoms with E-state index in [1.165, 1.54) is 12.0 Å². The van der Waals surface area contributed by atoms with E-state index in [-0.39, 0.29) is 0 Å². The molecule has 1 aromatic carbocycles. The lowest BCUT2D eigenvalue weighted by atomic mass is 9.88. The van der Waals surface area contributed by atoms with Crippen molar-refractivity contribution in [2.75, 3.05) is 25.0 Å². The fraction of sp³-hybridized carbons (Fsp3) is 0.562. The second-order valence-electron chi connectivity index (χ2n) is 5.48. The summed E-state index contributed by atoms with van der Waals surface area (Å²) in [4.78, 5) is 2.45. The Balaban J connectivity index is 2.05. The Labute approximate surface area is 116 Å². The second kappa shape index (κ2) is 6.08. The number of hydrogen-bond donors (Lipinski definition) is 1. The van der Waals surface area contributed by atoms with Crippen LogP contribution >= 0.6 is 0 Å². The summed E-state index contributed by atoms with van der Waals surface area (Å²) in [6.45, 7) is 7.46. The van der Waals surface area contributed by atoms with E-state index < -0.39 is 5.54 Å². The monoisotopic (exact) mass is 257 g/mol. The quantitative estimate of drug-likeness (QED) is 0.900. The molecule has 19 heavy (non-hydrogen) atoms. The van der Waals surface area contributed by atoms with Crippen LogP contribution in [0.3, 0.4) is 0 Å². The summed E-state index contributed by atoms with van der Waals surface area (Å²) in [5.74, 6) is 0. The number of rotatable bonds is 4. The molecule has 0 spiro atoms. The van der Waals surface area contributed by atoms with Gasteiger partial charge in [0.25, 0.3) is 0 Å². The summed E-state index contributed by atoms with van der Waals surface area (Å²) < 4.78 is 0. The number of likely N-dealkylation sites (tertiary alicyclic amines) is 1. The number of nitrogens with one attached hydrogen (secondary N) is 1. The van der Waals surface area contributed by atoms with Gasteiger partial charge in [-0.1, -0.05) is 25.1 Å². The van der Waals surface area contributed by atoms with Gasteiger partial charge in [0.2, 0.25) is 0 Å². The second-order valence-corrected chi connectivity index (χ2v) is 5.48. The largest absolute Gasteiger partial charge is 0.367 e. The smallest absolute Gasteiger partial charge is 0.127 e. The topological polar surface area (TPSA) is 39.1 Å². The molecule has 0 aromatic heterocycles. The van der Waals surface area contributed by atoms with Crippen molar-refractivity contribution in [2.24, 2.45) is 0 Å². The number of anilines is 1. The third kappa shape index (κ3) is 3.27. The van der Waals surface area contributed by atoms with Crippen LogP contribution in [0.25, 0.3) is 0 Å². The molecule has 2 rings (SSSR count). The molecule has 0 aliphatic carbocycles. The standard InChI is InChI=1S/C16H23N3/c1-3-10-19-11-8-16(13-17,9-12-19)18-15-7-5-4-6-14(15)2/h4-7,18H,3,8-12H2,1-2H3. The van der Waals surface area contributed by atoms with Gasteiger partial charge in [-0.05, 0) is 44.4 Å². The van der Waals surface area contributed by atoms with Crippen LogP contribution < -0.4 is 5.32 Å². The molecular formula is C16H23N3. The molecule has 0 amide bonds. The van der Waals surface area contributed by atoms with E-state index in [2.05, 4.69) is 42.3 Å². The van der Waals surface area contributed by atoms with Gasteiger partial charge < -0.3 is 10.2 Å². The third-order valence-corrected chi connectivity index (χ3v) is 3.98. The van der Waals surface area contributed by atoms with Gasteiger partial charge in [-0.15, -0.1) is 0 Å². The van der Waals surface area contributed by atoms with Crippen molar-refractivity contribution in [3.05, 3.63) is 29.8 Å². The molecule has 0 unspecified atom stereocenters. The number of para-hydroxylation sites is 1. The van der Waals surface area contributed by atoms with Gasteiger partial charge >= 0.3 is 0 Å². The zero-order valence-electron chi connectivity index (χ0n) is 11.9. The Morgan fingerprint density at radius 2 is 2.00 bits per heavy atom. The van der Waals surface area contributed by atoms with Gasteiger partial charge in [-0.3, -0.25) is 0 Å². The van der Waals surface area contributed by atoms with E-state index in [1.807, 2.05) is 12.1 Å². The van der Waals surface area contributed by atoms with Crippen LogP contribution in [-0.2, 0) is 0 Å². The highest BCUT2D eigenvalue weighted by atomic mass is 15.2. The fourth-order valence-corrected chi connectivity index (χ4v) is 2.71. The van der Waals surface area contributed by atoms with Gasteiger partial charge in [-0.2, -0.15) is 5.26 Å². The van der Waals surface area contributed by atoms with Crippen LogP contribution in [0.15, 0.2) is 24.3 Å². The first kappa shape index (κ1) is 13.9. The summed E-state index contributed by atoms with van der Waals surface area (Å²) in [5.41, 5.74) is 1.90. The van der Waals surface area contributed by atoms with Crippen LogP contribution in [0.1, 0.15) is 31.7 Å². The summed E-state index contributed by atoms with van der Waals surface area (Å²) in [7, 11) is 0. The molecule has 0 saturated carbocycles. The van der Waals surface area contributed by atoms with Crippen molar-refractivity contribution in [2.45, 2.75) is 38.6 Å². The maximum Gasteiger partial charge on any atom is 0.127 e. The van der Waals surface area contributed by atoms with Gasteiger partial charge in [0.15, 0.2) is 0 Å². The lowest BCUT2D eigenvalue weighted by Gasteiger charge is -2.38. The molecule has 0 bridgehead atoms. The van der Waals surface area contributed by atoms with Crippen LogP contribution in [-0.4, -0.2) is 30.1 Å². The lowest BCUT2D eigenvalue weighted by molar-refractivity contribution is 0.197. The Hall–Kier alpha value is -1.53. The minimum absolute atomic E-state index is 0.393. The zero-order valence-corrected chi connectivity index (χ0v) is 11.9. The molecule has 1 aromatic rings. The lowest BCUT2D eigenvalue weighted by Crippen LogP contribution is -2.48. The Kier molecular flexibility index (Phi) is 4.44. The molecular weight excluding hydrogens is 234 g/mol. The van der Waals surface area contributed by atoms with Crippen molar-refractivity contribution in [3.63, 3.8) is 0 Å². The third-order valence-electron chi connectivity index (χ3n) is 3.98. The highest BCUT2D eigenvalue weighted by Gasteiger charge is 2.34. The number of nitriles is 1. The van der Waals surface area contributed by atoms with Crippen molar-refractivity contribution in [3.8, 4) is 6.07 Å². The molecule has 1 saturated heterocycles. The Morgan fingerprint density at radius 3 is 2.58 bits per heavy atom. The number of nitrogens with zero attached hydrogens (tertiary/aromatic N) is 2. The van der Waals surface area contributed by atoms with E-state index >= 15 is 0 Å². The van der Waals surface area contributed by atoms with Crippen molar-refractivity contribution >= 4 is 5.69 Å². The van der Waals surface area contributed by atoms with Gasteiger partial charge in [0, 0.05) is 18.8 Å². The molecule has 1 N–H and O–H groups in total. The summed E-state index contributed by atoms with van der Waals surface area (Å²) in [5, 5.41) is 13.1. The van der Waals surface area contributed by atoms with Gasteiger partial charge in [-0.25, -0.2) is 0 Å². The van der Waals surface area contributed by atoms with E-state index in [0.29, 0.717) is 0 Å². The maximum atomic E-state index is 9.58. The SMILES string of the molecule is CCCN1CCC(C#N)(Nc2ccccc2C)CC1. The Bertz CT molecular complexity index is 453. The molecule has 3 heteroatoms. The average molecular weight is 257 g/mol. The van der Waals surface area contributed by atoms with Crippen molar-refractivity contribution in [1.29, 1.82) is 5.26 Å². The molecule has 0 radical (unpaired) electrons. The van der Waals surface area contributed by atoms with E-state index in [4.69, 9.17) is 0 Å². The number of piperidine rings is 1. The predicted molar refractivity (Wildman–Crippen MR) is 79.1 cm³/mol. The summed E-state index contributed by atoms with van der Waals surface area (Å²) >= 11 is 0. The van der Waals surface area contributed by atoms with Gasteiger partial charge in [0.05, 0.1) is 6.07 Å². The van der Waals surface area contributed by atoms with Crippen LogP contribution in [0.2, 0.25) is 0 Å². The predicted octanol–water partition coefficient (Wildman–Crippen LogP) is 3.18. The number of hydrogen-bond acceptors (Lipinski definition) is 3. The van der Waals surface area contributed by atoms with E-state index in [1.54, 1.807) is 0 Å². The molecule has 1 aliphatic rings. The van der Waals surface area contributed by atoms with Crippen LogP contribution in [0.4, 0.5) is 5.69 Å². The fourth-order valence-electron chi connectivity index (χ4n) is 2.71. The average Bonchev–Trinajstić information content (AvgIpc) is 2.44. The van der Waals surface area contributed by atoms with Gasteiger partial charge in [0.1, 0.15) is 5.54 Å². The van der Waals surface area contributed by atoms with Crippen LogP contribution in [0, 0.1) is 18.3 Å². The molecule has 1 heterocycles. The maximum absolute atomic E-state index is 9.58. The van der Waals surface area contributed by atoms with E-state index in [9.17, 15) is 5.26 Å². The molecule has 1 aliphatic heterocycles. The number of benzene rings is 1. The molecule has 0 atom stereocenters. The normalized spacial score (nSPS) is 18.8. The minimum atomic E-state index is -0.393. The zero-order chi connectivity index (χ0) is 13.7. The van der Waals surface area contributed by atoms with Crippen molar-refractivity contribution in [1.82, 2.24) is 4.90 Å². The molecule has 3 nitrogen and oxygen atoms in total. The summed E-state index contributed by atoms with van der Waals surface area (Å²) in [6.07, 6.45) is 2.99.